The fraction of sp³-hybridized carbons (Fsp3) is 0.688. The summed E-state index contributed by atoms with van der Waals surface area (Å²) in [5, 5.41) is 0. The number of benzene rings is 1. The van der Waals surface area contributed by atoms with Gasteiger partial charge >= 0.3 is 72.5 Å². The van der Waals surface area contributed by atoms with Crippen molar-refractivity contribution in [2.45, 2.75) is 137 Å². The van der Waals surface area contributed by atoms with Crippen molar-refractivity contribution < 1.29 is 120 Å². The number of hydrogen-bond donors (Lipinski definition) is 0. The maximum Gasteiger partial charge on any atom is 0.460 e. The molecule has 2 aromatic rings. The molecule has 1 heterocycles. The Morgan fingerprint density at radius 2 is 0.836 bits per heavy atom. The van der Waals surface area contributed by atoms with Crippen molar-refractivity contribution in [3.8, 4) is 17.1 Å². The third kappa shape index (κ3) is 10.8. The van der Waals surface area contributed by atoms with Gasteiger partial charge in [0.05, 0.1) is 0 Å². The van der Waals surface area contributed by atoms with Crippen LogP contribution in [0.1, 0.15) is 63.9 Å². The van der Waals surface area contributed by atoms with Gasteiger partial charge in [-0.1, -0.05) is 51.9 Å². The molecule has 0 saturated heterocycles. The number of halogens is 24. The minimum Gasteiger partial charge on any atom is -0.454 e. The van der Waals surface area contributed by atoms with Gasteiger partial charge < -0.3 is 4.74 Å². The molecule has 1 atom stereocenters. The summed E-state index contributed by atoms with van der Waals surface area (Å²) in [4.78, 5) is 8.05. The smallest absolute Gasteiger partial charge is 0.454 e. The Kier molecular flexibility index (Phi) is 16.0. The molecule has 0 saturated carbocycles. The monoisotopic (exact) mass is 944 g/mol. The van der Waals surface area contributed by atoms with Gasteiger partial charge in [-0.3, -0.25) is 0 Å². The molecule has 0 N–H and O–H groups in total. The molecule has 2 rings (SSSR count). The molecule has 1 unspecified atom stereocenters. The average Bonchev–Trinajstić information content (AvgIpc) is 3.11. The zero-order chi connectivity index (χ0) is 47.5. The van der Waals surface area contributed by atoms with Crippen molar-refractivity contribution in [3.05, 3.63) is 42.2 Å². The Balaban J connectivity index is 2.22. The Morgan fingerprint density at radius 3 is 1.23 bits per heavy atom. The SMILES string of the molecule is CCCCCCCCCCc1cnc(-c2ccc(OC(F)C(F)(F)C(F)(F)C(F)(F)OC(F)(F)C(F)(F)C(F)(F)C(F)(F)OC(F)(F)C(F)(F)C(F)(F)C(F)(F)F)cc2)nc1. The number of alkyl halides is 24. The molecule has 0 aliphatic heterocycles. The highest BCUT2D eigenvalue weighted by molar-refractivity contribution is 5.56. The van der Waals surface area contributed by atoms with Crippen LogP contribution in [0.4, 0.5) is 105 Å². The van der Waals surface area contributed by atoms with Gasteiger partial charge in [-0.2, -0.15) is 105 Å². The zero-order valence-electron chi connectivity index (χ0n) is 30.1. The maximum absolute atomic E-state index is 14.3. The zero-order valence-corrected chi connectivity index (χ0v) is 30.1. The molecule has 0 spiro atoms. The highest BCUT2D eigenvalue weighted by Crippen LogP contribution is 2.60. The number of unbranched alkanes of at least 4 members (excludes halogenated alkanes) is 7. The summed E-state index contributed by atoms with van der Waals surface area (Å²) >= 11 is 0. The van der Waals surface area contributed by atoms with Gasteiger partial charge in [0.1, 0.15) is 5.75 Å². The van der Waals surface area contributed by atoms with E-state index < -0.39 is 78.3 Å². The lowest BCUT2D eigenvalue weighted by atomic mass is 10.1. The molecule has 1 aromatic carbocycles. The van der Waals surface area contributed by atoms with Crippen molar-refractivity contribution >= 4 is 0 Å². The number of nitrogens with zero attached hydrogens (tertiary/aromatic N) is 2. The fourth-order valence-corrected chi connectivity index (χ4v) is 4.61. The van der Waals surface area contributed by atoms with E-state index >= 15 is 0 Å². The van der Waals surface area contributed by atoms with Gasteiger partial charge in [-0.15, -0.1) is 0 Å². The highest BCUT2D eigenvalue weighted by Gasteiger charge is 2.90. The standard InChI is InChI=1S/C32H28F24N2O3/c1-2-3-4-5-6-7-8-9-10-17-15-57-20(58-16-17)18-11-13-19(14-12-18)59-21(33)22(34,35)23(36,37)29(49,50)60-31(53,54)26(42,43)27(44,45)32(55,56)61-30(51,52)25(40,41)24(38,39)28(46,47)48/h11-16,21H,2-10H2,1H3. The minimum absolute atomic E-state index is 0.00831. The predicted octanol–water partition coefficient (Wildman–Crippen LogP) is 13.3. The third-order valence-corrected chi connectivity index (χ3v) is 8.20. The lowest BCUT2D eigenvalue weighted by molar-refractivity contribution is -0.544. The maximum atomic E-state index is 14.3. The topological polar surface area (TPSA) is 53.5 Å². The van der Waals surface area contributed by atoms with Crippen LogP contribution in [0.5, 0.6) is 5.75 Å². The second-order valence-electron chi connectivity index (χ2n) is 12.9. The Labute approximate surface area is 326 Å². The van der Waals surface area contributed by atoms with Gasteiger partial charge in [0, 0.05) is 18.0 Å². The Hall–Kier alpha value is -3.66. The molecule has 0 bridgehead atoms. The summed E-state index contributed by atoms with van der Waals surface area (Å²) in [7, 11) is 0. The van der Waals surface area contributed by atoms with Crippen LogP contribution in [0, 0.1) is 0 Å². The van der Waals surface area contributed by atoms with Crippen molar-refractivity contribution in [2.24, 2.45) is 0 Å². The molecule has 0 amide bonds. The third-order valence-electron chi connectivity index (χ3n) is 8.20. The van der Waals surface area contributed by atoms with Crippen LogP contribution in [0.25, 0.3) is 11.4 Å². The first kappa shape index (κ1) is 53.5. The van der Waals surface area contributed by atoms with Crippen molar-refractivity contribution in [1.29, 1.82) is 0 Å². The molecular weight excluding hydrogens is 916 g/mol. The summed E-state index contributed by atoms with van der Waals surface area (Å²) in [6.07, 6.45) is -35.3. The molecule has 0 radical (unpaired) electrons. The van der Waals surface area contributed by atoms with E-state index in [-0.39, 0.29) is 11.4 Å². The second-order valence-corrected chi connectivity index (χ2v) is 12.9. The van der Waals surface area contributed by atoms with Crippen molar-refractivity contribution in [2.75, 3.05) is 0 Å². The van der Waals surface area contributed by atoms with Crippen molar-refractivity contribution in [1.82, 2.24) is 9.97 Å². The summed E-state index contributed by atoms with van der Waals surface area (Å²) in [6, 6.07) is 2.63. The van der Waals surface area contributed by atoms with Crippen molar-refractivity contribution in [3.63, 3.8) is 0 Å². The fourth-order valence-electron chi connectivity index (χ4n) is 4.61. The van der Waals surface area contributed by atoms with Gasteiger partial charge in [-0.05, 0) is 42.7 Å². The van der Waals surface area contributed by atoms with E-state index in [4.69, 9.17) is 0 Å². The van der Waals surface area contributed by atoms with Crippen LogP contribution in [0.3, 0.4) is 0 Å². The Bertz CT molecular complexity index is 1700. The van der Waals surface area contributed by atoms with E-state index in [9.17, 15) is 105 Å². The lowest BCUT2D eigenvalue weighted by Gasteiger charge is -2.40. The first-order valence-corrected chi connectivity index (χ1v) is 16.8. The lowest BCUT2D eigenvalue weighted by Crippen LogP contribution is -2.69. The number of hydrogen-bond acceptors (Lipinski definition) is 5. The molecule has 0 aliphatic carbocycles. The first-order valence-electron chi connectivity index (χ1n) is 16.8. The van der Waals surface area contributed by atoms with Crippen LogP contribution >= 0.6 is 0 Å². The normalized spacial score (nSPS) is 15.3. The number of ether oxygens (including phenoxy) is 3. The van der Waals surface area contributed by atoms with E-state index in [2.05, 4.69) is 21.6 Å². The molecule has 29 heteroatoms. The van der Waals surface area contributed by atoms with E-state index in [0.29, 0.717) is 24.1 Å². The summed E-state index contributed by atoms with van der Waals surface area (Å²) in [6.45, 7) is 2.08. The molecular formula is C32H28F24N2O3. The van der Waals surface area contributed by atoms with E-state index in [1.165, 1.54) is 17.1 Å². The molecule has 61 heavy (non-hydrogen) atoms. The van der Waals surface area contributed by atoms with Crippen LogP contribution in [0.15, 0.2) is 36.7 Å². The molecule has 0 aliphatic rings. The van der Waals surface area contributed by atoms with Gasteiger partial charge in [0.2, 0.25) is 0 Å². The number of rotatable bonds is 24. The molecule has 5 nitrogen and oxygen atoms in total. The predicted molar refractivity (Wildman–Crippen MR) is 157 cm³/mol. The molecule has 352 valence electrons. The minimum atomic E-state index is -8.90. The van der Waals surface area contributed by atoms with Gasteiger partial charge in [0.25, 0.3) is 0 Å². The van der Waals surface area contributed by atoms with E-state index in [1.54, 1.807) is 0 Å². The summed E-state index contributed by atoms with van der Waals surface area (Å²) < 4.78 is 331. The quantitative estimate of drug-likeness (QED) is 0.0775. The summed E-state index contributed by atoms with van der Waals surface area (Å²) in [5.41, 5.74) is 0.678. The highest BCUT2D eigenvalue weighted by atomic mass is 19.4. The van der Waals surface area contributed by atoms with Crippen LogP contribution in [-0.2, 0) is 15.9 Å². The largest absolute Gasteiger partial charge is 0.460 e. The van der Waals surface area contributed by atoms with E-state index in [1.807, 2.05) is 0 Å². The average molecular weight is 945 g/mol. The second kappa shape index (κ2) is 18.2. The number of aromatic nitrogens is 2. The van der Waals surface area contributed by atoms with E-state index in [0.717, 1.165) is 68.2 Å². The van der Waals surface area contributed by atoms with Crippen LogP contribution in [0.2, 0.25) is 0 Å². The van der Waals surface area contributed by atoms with Gasteiger partial charge in [0.15, 0.2) is 5.82 Å². The Morgan fingerprint density at radius 1 is 0.475 bits per heavy atom. The molecule has 1 aromatic heterocycles. The van der Waals surface area contributed by atoms with Gasteiger partial charge in [-0.25, -0.2) is 19.4 Å². The van der Waals surface area contributed by atoms with Crippen LogP contribution < -0.4 is 4.74 Å². The number of aryl methyl sites for hydroxylation is 1. The van der Waals surface area contributed by atoms with Crippen LogP contribution in [-0.4, -0.2) is 82.5 Å². The first-order chi connectivity index (χ1) is 27.3. The summed E-state index contributed by atoms with van der Waals surface area (Å²) in [5.74, 6) is -51.2. The molecule has 0 fully saturated rings.